The lowest BCUT2D eigenvalue weighted by Crippen LogP contribution is -2.37. The molecule has 3 nitrogen and oxygen atoms in total. The van der Waals surface area contributed by atoms with Gasteiger partial charge in [-0.2, -0.15) is 4.57 Å². The van der Waals surface area contributed by atoms with Crippen molar-refractivity contribution in [2.75, 3.05) is 0 Å². The van der Waals surface area contributed by atoms with E-state index in [-0.39, 0.29) is 11.3 Å². The molecule has 4 aromatic rings. The fourth-order valence-electron chi connectivity index (χ4n) is 4.13. The van der Waals surface area contributed by atoms with Gasteiger partial charge in [-0.15, -0.1) is 0 Å². The molecule has 0 unspecified atom stereocenters. The summed E-state index contributed by atoms with van der Waals surface area (Å²) in [4.78, 5) is 13.3. The van der Waals surface area contributed by atoms with Crippen LogP contribution in [0.2, 0.25) is 0 Å². The van der Waals surface area contributed by atoms with Crippen LogP contribution in [-0.4, -0.2) is 11.3 Å². The van der Waals surface area contributed by atoms with Crippen molar-refractivity contribution < 1.29 is 14.8 Å². The molecule has 29 heavy (non-hydrogen) atoms. The number of carbonyl (C=O) groups excluding carboxylic acids is 1. The number of fused-ring (bicyclic) bond motifs is 3. The summed E-state index contributed by atoms with van der Waals surface area (Å²) in [5.41, 5.74) is 7.53. The normalized spacial score (nSPS) is 11.3. The highest BCUT2D eigenvalue weighted by Crippen LogP contribution is 2.37. The molecule has 1 aliphatic rings. The minimum Gasteiger partial charge on any atom is -0.870 e. The summed E-state index contributed by atoms with van der Waals surface area (Å²) in [7, 11) is 0. The molecule has 1 heterocycles. The quantitative estimate of drug-likeness (QED) is 0.337. The van der Waals surface area contributed by atoms with E-state index in [0.717, 1.165) is 29.7 Å². The maximum atomic E-state index is 13.3. The molecular formula is C26H21NO2. The van der Waals surface area contributed by atoms with Gasteiger partial charge in [0.2, 0.25) is 5.69 Å². The largest absolute Gasteiger partial charge is 0.870 e. The molecule has 1 aromatic heterocycles. The number of carbonyl (C=O) groups is 1. The van der Waals surface area contributed by atoms with Crippen LogP contribution < -0.4 is 4.57 Å². The van der Waals surface area contributed by atoms with Crippen LogP contribution >= 0.6 is 0 Å². The van der Waals surface area contributed by atoms with Crippen molar-refractivity contribution in [3.8, 4) is 11.3 Å². The van der Waals surface area contributed by atoms with Gasteiger partial charge in [-0.3, -0.25) is 4.79 Å². The molecule has 0 radical (unpaired) electrons. The van der Waals surface area contributed by atoms with Gasteiger partial charge in [0, 0.05) is 34.7 Å². The summed E-state index contributed by atoms with van der Waals surface area (Å²) in [6, 6.07) is 30.4. The maximum absolute atomic E-state index is 13.3. The van der Waals surface area contributed by atoms with E-state index in [1.54, 1.807) is 0 Å². The molecule has 0 amide bonds. The fraction of sp³-hybridized carbons (Fsp3) is 0.0769. The molecule has 0 saturated heterocycles. The van der Waals surface area contributed by atoms with Gasteiger partial charge >= 0.3 is 0 Å². The van der Waals surface area contributed by atoms with Crippen LogP contribution in [0, 0.1) is 0 Å². The Morgan fingerprint density at radius 2 is 1.45 bits per heavy atom. The highest BCUT2D eigenvalue weighted by molar-refractivity contribution is 6.13. The Balaban J connectivity index is 0.00000205. The third-order valence-corrected chi connectivity index (χ3v) is 5.40. The van der Waals surface area contributed by atoms with Crippen LogP contribution in [-0.2, 0) is 13.0 Å². The smallest absolute Gasteiger partial charge is 0.217 e. The van der Waals surface area contributed by atoms with Gasteiger partial charge in [0.1, 0.15) is 0 Å². The van der Waals surface area contributed by atoms with Crippen molar-refractivity contribution in [3.05, 3.63) is 125 Å². The van der Waals surface area contributed by atoms with E-state index in [0.29, 0.717) is 0 Å². The van der Waals surface area contributed by atoms with E-state index < -0.39 is 0 Å². The minimum absolute atomic E-state index is 0. The summed E-state index contributed by atoms with van der Waals surface area (Å²) >= 11 is 0. The van der Waals surface area contributed by atoms with Crippen LogP contribution in [0.1, 0.15) is 32.6 Å². The lowest BCUT2D eigenvalue weighted by atomic mass is 9.95. The van der Waals surface area contributed by atoms with Crippen molar-refractivity contribution in [1.29, 1.82) is 0 Å². The second-order valence-electron chi connectivity index (χ2n) is 7.21. The number of nitrogens with zero attached hydrogens (tertiary/aromatic N) is 1. The summed E-state index contributed by atoms with van der Waals surface area (Å²) in [5.74, 6) is 0.0837. The molecule has 5 rings (SSSR count). The molecule has 0 saturated carbocycles. The van der Waals surface area contributed by atoms with E-state index in [1.165, 1.54) is 22.4 Å². The number of hydrogen-bond acceptors (Lipinski definition) is 2. The van der Waals surface area contributed by atoms with E-state index >= 15 is 0 Å². The van der Waals surface area contributed by atoms with Crippen LogP contribution in [0.25, 0.3) is 11.3 Å². The first-order chi connectivity index (χ1) is 13.8. The zero-order chi connectivity index (χ0) is 18.9. The van der Waals surface area contributed by atoms with Gasteiger partial charge < -0.3 is 5.48 Å². The number of aromatic nitrogens is 1. The zero-order valence-corrected chi connectivity index (χ0v) is 16.0. The maximum Gasteiger partial charge on any atom is 0.217 e. The number of benzene rings is 3. The lowest BCUT2D eigenvalue weighted by molar-refractivity contribution is -0.677. The Morgan fingerprint density at radius 3 is 2.21 bits per heavy atom. The SMILES string of the molecule is O=C(c1ccccc1)c1cccc2c1-c1c(ccc[n+]1Cc1ccccc1)C2.[OH-]. The van der Waals surface area contributed by atoms with Crippen LogP contribution in [0.3, 0.4) is 0 Å². The Kier molecular flexibility index (Phi) is 5.07. The van der Waals surface area contributed by atoms with E-state index in [1.807, 2.05) is 48.5 Å². The van der Waals surface area contributed by atoms with E-state index in [9.17, 15) is 4.79 Å². The van der Waals surface area contributed by atoms with Crippen LogP contribution in [0.4, 0.5) is 0 Å². The minimum atomic E-state index is 0. The third kappa shape index (κ3) is 3.37. The molecule has 0 aliphatic heterocycles. The second-order valence-corrected chi connectivity index (χ2v) is 7.21. The number of rotatable bonds is 4. The molecule has 0 spiro atoms. The fourth-order valence-corrected chi connectivity index (χ4v) is 4.13. The number of hydrogen-bond donors (Lipinski definition) is 0. The predicted octanol–water partition coefficient (Wildman–Crippen LogP) is 4.65. The molecular weight excluding hydrogens is 358 g/mol. The van der Waals surface area contributed by atoms with Gasteiger partial charge in [0.05, 0.1) is 5.56 Å². The summed E-state index contributed by atoms with van der Waals surface area (Å²) < 4.78 is 2.28. The number of ketones is 1. The first-order valence-corrected chi connectivity index (χ1v) is 9.58. The standard InChI is InChI=1S/C26H20NO.H2O/c28-26(20-11-5-2-6-12-20)23-15-7-13-21-17-22-14-8-16-27(25(22)24(21)23)18-19-9-3-1-4-10-19;/h1-16H,17-18H2;1H2/q+1;/p-1. The van der Waals surface area contributed by atoms with Crippen molar-refractivity contribution in [2.24, 2.45) is 0 Å². The van der Waals surface area contributed by atoms with Crippen molar-refractivity contribution in [2.45, 2.75) is 13.0 Å². The highest BCUT2D eigenvalue weighted by Gasteiger charge is 2.32. The Labute approximate surface area is 170 Å². The average molecular weight is 379 g/mol. The van der Waals surface area contributed by atoms with Gasteiger partial charge in [-0.1, -0.05) is 78.9 Å². The number of pyridine rings is 1. The monoisotopic (exact) mass is 379 g/mol. The molecule has 1 aliphatic carbocycles. The van der Waals surface area contributed by atoms with Crippen molar-refractivity contribution in [1.82, 2.24) is 0 Å². The second kappa shape index (κ2) is 7.82. The summed E-state index contributed by atoms with van der Waals surface area (Å²) in [6.45, 7) is 0.789. The Bertz CT molecular complexity index is 1170. The van der Waals surface area contributed by atoms with Gasteiger partial charge in [0.15, 0.2) is 18.5 Å². The van der Waals surface area contributed by atoms with Crippen LogP contribution in [0.15, 0.2) is 97.2 Å². The van der Waals surface area contributed by atoms with Gasteiger partial charge in [-0.25, -0.2) is 0 Å². The molecule has 3 aromatic carbocycles. The Morgan fingerprint density at radius 1 is 0.759 bits per heavy atom. The molecule has 142 valence electrons. The molecule has 3 heteroatoms. The van der Waals surface area contributed by atoms with E-state index in [2.05, 4.69) is 53.2 Å². The Hall–Kier alpha value is -3.56. The predicted molar refractivity (Wildman–Crippen MR) is 112 cm³/mol. The lowest BCUT2D eigenvalue weighted by Gasteiger charge is -2.09. The molecule has 0 fully saturated rings. The summed E-state index contributed by atoms with van der Waals surface area (Å²) in [6.07, 6.45) is 2.99. The summed E-state index contributed by atoms with van der Waals surface area (Å²) in [5, 5.41) is 0. The van der Waals surface area contributed by atoms with Gasteiger partial charge in [0.25, 0.3) is 0 Å². The van der Waals surface area contributed by atoms with Crippen molar-refractivity contribution in [3.63, 3.8) is 0 Å². The van der Waals surface area contributed by atoms with E-state index in [4.69, 9.17) is 0 Å². The van der Waals surface area contributed by atoms with Crippen molar-refractivity contribution >= 4 is 5.78 Å². The van der Waals surface area contributed by atoms with Gasteiger partial charge in [-0.05, 0) is 11.6 Å². The highest BCUT2D eigenvalue weighted by atomic mass is 16.1. The van der Waals surface area contributed by atoms with Crippen LogP contribution in [0.5, 0.6) is 0 Å². The molecule has 0 bridgehead atoms. The molecule has 0 atom stereocenters. The zero-order valence-electron chi connectivity index (χ0n) is 16.0. The topological polar surface area (TPSA) is 51.0 Å². The third-order valence-electron chi connectivity index (χ3n) is 5.40. The first-order valence-electron chi connectivity index (χ1n) is 9.58. The first kappa shape index (κ1) is 18.8. The average Bonchev–Trinajstić information content (AvgIpc) is 3.14. The molecule has 1 N–H and O–H groups in total.